The number of benzene rings is 1. The molecule has 2 aromatic rings. The van der Waals surface area contributed by atoms with E-state index in [9.17, 15) is 13.2 Å². The zero-order chi connectivity index (χ0) is 20.4. The number of halogens is 1. The largest absolute Gasteiger partial charge is 0.339 e. The Hall–Kier alpha value is -1.45. The molecule has 3 heterocycles. The van der Waals surface area contributed by atoms with Gasteiger partial charge < -0.3 is 4.90 Å². The first-order valence-corrected chi connectivity index (χ1v) is 12.4. The Labute approximate surface area is 180 Å². The Morgan fingerprint density at radius 3 is 2.41 bits per heavy atom. The van der Waals surface area contributed by atoms with E-state index in [1.54, 1.807) is 6.07 Å². The van der Waals surface area contributed by atoms with Crippen LogP contribution in [0.25, 0.3) is 0 Å². The standard InChI is InChI=1S/C20H24ClN3O3S2/c21-18-8-9-19(28-18)29(26,27)24-10-4-7-17(24)20(25)23-13-11-22(12-14-23)15-16-5-2-1-3-6-16/h1-3,5-6,8-9,17H,4,7,10-15H2. The first-order valence-electron chi connectivity index (χ1n) is 9.77. The van der Waals surface area contributed by atoms with Crippen LogP contribution in [0.4, 0.5) is 0 Å². The third kappa shape index (κ3) is 4.51. The van der Waals surface area contributed by atoms with Gasteiger partial charge in [-0.25, -0.2) is 8.42 Å². The van der Waals surface area contributed by atoms with E-state index in [1.165, 1.54) is 15.9 Å². The van der Waals surface area contributed by atoms with Crippen LogP contribution in [-0.4, -0.2) is 67.2 Å². The van der Waals surface area contributed by atoms with E-state index in [2.05, 4.69) is 17.0 Å². The lowest BCUT2D eigenvalue weighted by Gasteiger charge is -2.37. The van der Waals surface area contributed by atoms with Gasteiger partial charge in [-0.3, -0.25) is 9.69 Å². The van der Waals surface area contributed by atoms with Gasteiger partial charge in [0.05, 0.1) is 4.34 Å². The van der Waals surface area contributed by atoms with Crippen LogP contribution in [-0.2, 0) is 21.4 Å². The van der Waals surface area contributed by atoms with Crippen molar-refractivity contribution in [2.45, 2.75) is 29.6 Å². The highest BCUT2D eigenvalue weighted by atomic mass is 35.5. The molecule has 2 aliphatic rings. The molecule has 1 aromatic carbocycles. The van der Waals surface area contributed by atoms with E-state index in [0.29, 0.717) is 36.8 Å². The van der Waals surface area contributed by atoms with Crippen LogP contribution in [0.5, 0.6) is 0 Å². The molecule has 0 bridgehead atoms. The molecule has 0 N–H and O–H groups in total. The maximum absolute atomic E-state index is 13.1. The van der Waals surface area contributed by atoms with Crippen LogP contribution in [0.2, 0.25) is 4.34 Å². The van der Waals surface area contributed by atoms with Crippen molar-refractivity contribution >= 4 is 38.9 Å². The minimum Gasteiger partial charge on any atom is -0.339 e. The van der Waals surface area contributed by atoms with Gasteiger partial charge in [-0.05, 0) is 30.5 Å². The summed E-state index contributed by atoms with van der Waals surface area (Å²) in [5.74, 6) is -0.0758. The lowest BCUT2D eigenvalue weighted by atomic mass is 10.1. The van der Waals surface area contributed by atoms with E-state index in [-0.39, 0.29) is 10.1 Å². The quantitative estimate of drug-likeness (QED) is 0.698. The van der Waals surface area contributed by atoms with Gasteiger partial charge in [-0.1, -0.05) is 41.9 Å². The van der Waals surface area contributed by atoms with E-state index in [1.807, 2.05) is 23.1 Å². The molecule has 9 heteroatoms. The summed E-state index contributed by atoms with van der Waals surface area (Å²) in [6.07, 6.45) is 1.27. The minimum absolute atomic E-state index is 0.0758. The third-order valence-corrected chi connectivity index (χ3v) is 9.14. The zero-order valence-electron chi connectivity index (χ0n) is 16.0. The van der Waals surface area contributed by atoms with Crippen molar-refractivity contribution < 1.29 is 13.2 Å². The van der Waals surface area contributed by atoms with E-state index < -0.39 is 16.1 Å². The third-order valence-electron chi connectivity index (χ3n) is 5.53. The lowest BCUT2D eigenvalue weighted by molar-refractivity contribution is -0.136. The maximum Gasteiger partial charge on any atom is 0.253 e. The number of nitrogens with zero attached hydrogens (tertiary/aromatic N) is 3. The van der Waals surface area contributed by atoms with Crippen LogP contribution in [0.1, 0.15) is 18.4 Å². The first kappa shape index (κ1) is 20.8. The Morgan fingerprint density at radius 1 is 1.03 bits per heavy atom. The molecule has 1 aromatic heterocycles. The highest BCUT2D eigenvalue weighted by Gasteiger charge is 2.42. The highest BCUT2D eigenvalue weighted by Crippen LogP contribution is 2.32. The average Bonchev–Trinajstić information content (AvgIpc) is 3.39. The van der Waals surface area contributed by atoms with Gasteiger partial charge in [0.1, 0.15) is 10.3 Å². The highest BCUT2D eigenvalue weighted by molar-refractivity contribution is 7.91. The van der Waals surface area contributed by atoms with Gasteiger partial charge in [0.25, 0.3) is 10.0 Å². The molecule has 1 unspecified atom stereocenters. The normalized spacial score (nSPS) is 21.6. The Kier molecular flexibility index (Phi) is 6.27. The first-order chi connectivity index (χ1) is 13.9. The second-order valence-corrected chi connectivity index (χ2v) is 11.3. The average molecular weight is 454 g/mol. The molecule has 4 rings (SSSR count). The van der Waals surface area contributed by atoms with Gasteiger partial charge >= 0.3 is 0 Å². The van der Waals surface area contributed by atoms with Crippen molar-refractivity contribution in [1.29, 1.82) is 0 Å². The predicted octanol–water partition coefficient (Wildman–Crippen LogP) is 2.90. The molecule has 2 aliphatic heterocycles. The SMILES string of the molecule is O=C(C1CCCN1S(=O)(=O)c1ccc(Cl)s1)N1CCN(Cc2ccccc2)CC1. The van der Waals surface area contributed by atoms with Crippen molar-refractivity contribution in [3.63, 3.8) is 0 Å². The minimum atomic E-state index is -3.69. The summed E-state index contributed by atoms with van der Waals surface area (Å²) >= 11 is 6.96. The number of carbonyl (C=O) groups excluding carboxylic acids is 1. The molecule has 1 atom stereocenters. The van der Waals surface area contributed by atoms with Crippen LogP contribution in [0.15, 0.2) is 46.7 Å². The van der Waals surface area contributed by atoms with Crippen molar-refractivity contribution in [3.05, 3.63) is 52.4 Å². The van der Waals surface area contributed by atoms with Crippen LogP contribution >= 0.6 is 22.9 Å². The Morgan fingerprint density at radius 2 is 1.76 bits per heavy atom. The number of piperazine rings is 1. The summed E-state index contributed by atoms with van der Waals surface area (Å²) in [6.45, 7) is 4.08. The van der Waals surface area contributed by atoms with Crippen LogP contribution in [0.3, 0.4) is 0 Å². The van der Waals surface area contributed by atoms with Crippen molar-refractivity contribution in [3.8, 4) is 0 Å². The fraction of sp³-hybridized carbons (Fsp3) is 0.450. The molecule has 0 radical (unpaired) electrons. The van der Waals surface area contributed by atoms with E-state index >= 15 is 0 Å². The number of amides is 1. The summed E-state index contributed by atoms with van der Waals surface area (Å²) in [4.78, 5) is 17.3. The molecular weight excluding hydrogens is 430 g/mol. The summed E-state index contributed by atoms with van der Waals surface area (Å²) in [7, 11) is -3.69. The number of thiophene rings is 1. The van der Waals surface area contributed by atoms with Crippen molar-refractivity contribution in [2.75, 3.05) is 32.7 Å². The van der Waals surface area contributed by atoms with Crippen molar-refractivity contribution in [2.24, 2.45) is 0 Å². The monoisotopic (exact) mass is 453 g/mol. The predicted molar refractivity (Wildman–Crippen MR) is 115 cm³/mol. The van der Waals surface area contributed by atoms with Crippen LogP contribution < -0.4 is 0 Å². The second-order valence-electron chi connectivity index (χ2n) is 7.42. The smallest absolute Gasteiger partial charge is 0.253 e. The molecular formula is C20H24ClN3O3S2. The number of carbonyl (C=O) groups is 1. The molecule has 0 saturated carbocycles. The topological polar surface area (TPSA) is 60.9 Å². The van der Waals surface area contributed by atoms with Gasteiger partial charge in [0.2, 0.25) is 5.91 Å². The van der Waals surface area contributed by atoms with E-state index in [4.69, 9.17) is 11.6 Å². The molecule has 0 spiro atoms. The molecule has 0 aliphatic carbocycles. The molecule has 6 nitrogen and oxygen atoms in total. The Bertz CT molecular complexity index is 956. The maximum atomic E-state index is 13.1. The van der Waals surface area contributed by atoms with Gasteiger partial charge in [0.15, 0.2) is 0 Å². The molecule has 29 heavy (non-hydrogen) atoms. The second kappa shape index (κ2) is 8.73. The summed E-state index contributed by atoms with van der Waals surface area (Å²) in [5, 5.41) is 0. The molecule has 156 valence electrons. The summed E-state index contributed by atoms with van der Waals surface area (Å²) in [5.41, 5.74) is 1.26. The molecule has 1 amide bonds. The van der Waals surface area contributed by atoms with Gasteiger partial charge in [-0.2, -0.15) is 4.31 Å². The fourth-order valence-corrected chi connectivity index (χ4v) is 7.27. The number of sulfonamides is 1. The van der Waals surface area contributed by atoms with Crippen LogP contribution in [0, 0.1) is 0 Å². The number of hydrogen-bond donors (Lipinski definition) is 0. The summed E-state index contributed by atoms with van der Waals surface area (Å²) < 4.78 is 28.0. The Balaban J connectivity index is 1.39. The van der Waals surface area contributed by atoms with Crippen molar-refractivity contribution in [1.82, 2.24) is 14.1 Å². The lowest BCUT2D eigenvalue weighted by Crippen LogP contribution is -2.54. The molecule has 2 saturated heterocycles. The number of hydrogen-bond acceptors (Lipinski definition) is 5. The zero-order valence-corrected chi connectivity index (χ0v) is 18.4. The summed E-state index contributed by atoms with van der Waals surface area (Å²) in [6, 6.07) is 12.8. The number of rotatable bonds is 5. The van der Waals surface area contributed by atoms with E-state index in [0.717, 1.165) is 31.0 Å². The van der Waals surface area contributed by atoms with Gasteiger partial charge in [0, 0.05) is 39.3 Å². The van der Waals surface area contributed by atoms with Gasteiger partial charge in [-0.15, -0.1) is 11.3 Å². The fourth-order valence-electron chi connectivity index (χ4n) is 4.01. The molecule has 2 fully saturated rings.